The van der Waals surface area contributed by atoms with E-state index < -0.39 is 5.92 Å². The van der Waals surface area contributed by atoms with Crippen molar-refractivity contribution in [1.29, 1.82) is 0 Å². The molecule has 156 valence electrons. The highest BCUT2D eigenvalue weighted by Gasteiger charge is 2.23. The molecule has 1 N–H and O–H groups in total. The molecule has 0 bridgehead atoms. The van der Waals surface area contributed by atoms with Crippen molar-refractivity contribution >= 4 is 17.7 Å². The standard InChI is InChI=1S/C25H24N4OS/c1-18-11-9-10-16-21(18)29-22(27-28-25(29)31-2)17-26-24(30)23(19-12-5-3-6-13-19)20-14-7-4-8-15-20/h3-16,23H,17H2,1-2H3,(H,26,30). The number of aryl methyl sites for hydroxylation is 1. The summed E-state index contributed by atoms with van der Waals surface area (Å²) in [6.45, 7) is 2.35. The number of para-hydroxylation sites is 1. The Morgan fingerprint density at radius 3 is 2.06 bits per heavy atom. The van der Waals surface area contributed by atoms with Gasteiger partial charge in [0.05, 0.1) is 18.2 Å². The zero-order valence-corrected chi connectivity index (χ0v) is 18.3. The van der Waals surface area contributed by atoms with Crippen LogP contribution in [0.5, 0.6) is 0 Å². The Morgan fingerprint density at radius 2 is 1.48 bits per heavy atom. The summed E-state index contributed by atoms with van der Waals surface area (Å²) in [6.07, 6.45) is 1.97. The first kappa shape index (κ1) is 20.9. The van der Waals surface area contributed by atoms with Gasteiger partial charge < -0.3 is 5.32 Å². The number of carbonyl (C=O) groups excluding carboxylic acids is 1. The zero-order valence-electron chi connectivity index (χ0n) is 17.5. The van der Waals surface area contributed by atoms with Crippen LogP contribution in [0.3, 0.4) is 0 Å². The van der Waals surface area contributed by atoms with Gasteiger partial charge in [0.25, 0.3) is 0 Å². The van der Waals surface area contributed by atoms with Crippen molar-refractivity contribution < 1.29 is 4.79 Å². The second-order valence-corrected chi connectivity index (χ2v) is 7.97. The van der Waals surface area contributed by atoms with Crippen molar-refractivity contribution in [3.8, 4) is 5.69 Å². The maximum atomic E-state index is 13.3. The average Bonchev–Trinajstić information content (AvgIpc) is 3.22. The third kappa shape index (κ3) is 4.54. The van der Waals surface area contributed by atoms with E-state index in [4.69, 9.17) is 0 Å². The summed E-state index contributed by atoms with van der Waals surface area (Å²) in [7, 11) is 0. The van der Waals surface area contributed by atoms with Crippen molar-refractivity contribution in [2.45, 2.75) is 24.5 Å². The minimum absolute atomic E-state index is 0.0672. The van der Waals surface area contributed by atoms with Crippen LogP contribution in [0.2, 0.25) is 0 Å². The number of hydrogen-bond donors (Lipinski definition) is 1. The number of rotatable bonds is 7. The molecule has 0 fully saturated rings. The first-order chi connectivity index (χ1) is 15.2. The molecule has 0 spiro atoms. The highest BCUT2D eigenvalue weighted by atomic mass is 32.2. The zero-order chi connectivity index (χ0) is 21.6. The van der Waals surface area contributed by atoms with E-state index in [-0.39, 0.29) is 12.5 Å². The molecule has 0 atom stereocenters. The molecule has 1 heterocycles. The Labute approximate surface area is 186 Å². The number of nitrogens with zero attached hydrogens (tertiary/aromatic N) is 3. The van der Waals surface area contributed by atoms with Crippen molar-refractivity contribution in [1.82, 2.24) is 20.1 Å². The molecule has 0 unspecified atom stereocenters. The van der Waals surface area contributed by atoms with Gasteiger partial charge in [-0.25, -0.2) is 0 Å². The third-order valence-corrected chi connectivity index (χ3v) is 5.82. The fraction of sp³-hybridized carbons (Fsp3) is 0.160. The predicted molar refractivity (Wildman–Crippen MR) is 124 cm³/mol. The van der Waals surface area contributed by atoms with Gasteiger partial charge in [-0.1, -0.05) is 90.6 Å². The molecule has 0 aliphatic carbocycles. The lowest BCUT2D eigenvalue weighted by Gasteiger charge is -2.18. The molecule has 3 aromatic carbocycles. The highest BCUT2D eigenvalue weighted by Crippen LogP contribution is 2.26. The first-order valence-electron chi connectivity index (χ1n) is 10.1. The Kier molecular flexibility index (Phi) is 6.48. The van der Waals surface area contributed by atoms with E-state index in [2.05, 4.69) is 28.5 Å². The fourth-order valence-corrected chi connectivity index (χ4v) is 4.17. The second-order valence-electron chi connectivity index (χ2n) is 7.20. The van der Waals surface area contributed by atoms with Gasteiger partial charge in [-0.2, -0.15) is 0 Å². The van der Waals surface area contributed by atoms with E-state index >= 15 is 0 Å². The van der Waals surface area contributed by atoms with Gasteiger partial charge in [0.1, 0.15) is 0 Å². The summed E-state index contributed by atoms with van der Waals surface area (Å²) in [6, 6.07) is 27.8. The lowest BCUT2D eigenvalue weighted by Crippen LogP contribution is -2.30. The predicted octanol–water partition coefficient (Wildman–Crippen LogP) is 4.75. The summed E-state index contributed by atoms with van der Waals surface area (Å²) in [4.78, 5) is 13.3. The molecule has 5 nitrogen and oxygen atoms in total. The molecule has 0 saturated carbocycles. The Hall–Kier alpha value is -3.38. The molecule has 6 heteroatoms. The number of nitrogens with one attached hydrogen (secondary N) is 1. The van der Waals surface area contributed by atoms with E-state index in [9.17, 15) is 4.79 Å². The van der Waals surface area contributed by atoms with Crippen LogP contribution in [0.15, 0.2) is 90.1 Å². The first-order valence-corrected chi connectivity index (χ1v) is 11.3. The maximum absolute atomic E-state index is 13.3. The van der Waals surface area contributed by atoms with Crippen molar-refractivity contribution in [3.63, 3.8) is 0 Å². The lowest BCUT2D eigenvalue weighted by molar-refractivity contribution is -0.121. The normalized spacial score (nSPS) is 10.9. The van der Waals surface area contributed by atoms with Crippen LogP contribution in [0.1, 0.15) is 28.4 Å². The van der Waals surface area contributed by atoms with Crippen LogP contribution in [0, 0.1) is 6.92 Å². The molecule has 0 radical (unpaired) electrons. The topological polar surface area (TPSA) is 59.8 Å². The molecule has 1 aromatic heterocycles. The molecule has 4 aromatic rings. The van der Waals surface area contributed by atoms with Gasteiger partial charge in [-0.3, -0.25) is 9.36 Å². The van der Waals surface area contributed by atoms with Gasteiger partial charge in [0, 0.05) is 0 Å². The number of amides is 1. The van der Waals surface area contributed by atoms with Gasteiger partial charge in [0.15, 0.2) is 11.0 Å². The number of aromatic nitrogens is 3. The van der Waals surface area contributed by atoms with Gasteiger partial charge in [-0.15, -0.1) is 10.2 Å². The summed E-state index contributed by atoms with van der Waals surface area (Å²) >= 11 is 1.53. The smallest absolute Gasteiger partial charge is 0.232 e. The molecule has 0 aliphatic rings. The molecule has 1 amide bonds. The van der Waals surface area contributed by atoms with Crippen LogP contribution in [0.25, 0.3) is 5.69 Å². The SMILES string of the molecule is CSc1nnc(CNC(=O)C(c2ccccc2)c2ccccc2)n1-c1ccccc1C. The van der Waals surface area contributed by atoms with E-state index in [0.717, 1.165) is 27.5 Å². The summed E-state index contributed by atoms with van der Waals surface area (Å²) in [5.74, 6) is 0.242. The Bertz CT molecular complexity index is 1120. The molecule has 31 heavy (non-hydrogen) atoms. The molecular weight excluding hydrogens is 404 g/mol. The van der Waals surface area contributed by atoms with Crippen LogP contribution < -0.4 is 5.32 Å². The lowest BCUT2D eigenvalue weighted by atomic mass is 9.90. The average molecular weight is 429 g/mol. The Morgan fingerprint density at radius 1 is 0.903 bits per heavy atom. The fourth-order valence-electron chi connectivity index (χ4n) is 3.66. The number of hydrogen-bond acceptors (Lipinski definition) is 4. The molecule has 4 rings (SSSR count). The van der Waals surface area contributed by atoms with E-state index in [0.29, 0.717) is 5.82 Å². The second kappa shape index (κ2) is 9.62. The van der Waals surface area contributed by atoms with Gasteiger partial charge in [-0.05, 0) is 35.9 Å². The third-order valence-electron chi connectivity index (χ3n) is 5.19. The van der Waals surface area contributed by atoms with E-state index in [1.807, 2.05) is 89.7 Å². The highest BCUT2D eigenvalue weighted by molar-refractivity contribution is 7.98. The minimum atomic E-state index is -0.391. The quantitative estimate of drug-likeness (QED) is 0.432. The van der Waals surface area contributed by atoms with Crippen LogP contribution in [-0.2, 0) is 11.3 Å². The van der Waals surface area contributed by atoms with Crippen LogP contribution in [0.4, 0.5) is 0 Å². The number of carbonyl (C=O) groups is 1. The van der Waals surface area contributed by atoms with Gasteiger partial charge >= 0.3 is 0 Å². The maximum Gasteiger partial charge on any atom is 0.232 e. The van der Waals surface area contributed by atoms with Crippen molar-refractivity contribution in [3.05, 3.63) is 107 Å². The van der Waals surface area contributed by atoms with Crippen molar-refractivity contribution in [2.75, 3.05) is 6.26 Å². The van der Waals surface area contributed by atoms with Crippen molar-refractivity contribution in [2.24, 2.45) is 0 Å². The summed E-state index contributed by atoms with van der Waals surface area (Å²) in [5.41, 5.74) is 4.05. The molecule has 0 saturated heterocycles. The Balaban J connectivity index is 1.62. The van der Waals surface area contributed by atoms with E-state index in [1.165, 1.54) is 11.8 Å². The van der Waals surface area contributed by atoms with Gasteiger partial charge in [0.2, 0.25) is 5.91 Å². The number of thioether (sulfide) groups is 1. The summed E-state index contributed by atoms with van der Waals surface area (Å²) in [5, 5.41) is 12.6. The van der Waals surface area contributed by atoms with Crippen LogP contribution in [-0.4, -0.2) is 26.9 Å². The largest absolute Gasteiger partial charge is 0.348 e. The van der Waals surface area contributed by atoms with Crippen LogP contribution >= 0.6 is 11.8 Å². The monoisotopic (exact) mass is 428 g/mol. The number of benzene rings is 3. The summed E-state index contributed by atoms with van der Waals surface area (Å²) < 4.78 is 2.01. The minimum Gasteiger partial charge on any atom is -0.348 e. The molecular formula is C25H24N4OS. The van der Waals surface area contributed by atoms with E-state index in [1.54, 1.807) is 0 Å². The molecule has 0 aliphatic heterocycles.